The first-order chi connectivity index (χ1) is 9.75. The van der Waals surface area contributed by atoms with Crippen molar-refractivity contribution < 1.29 is 24.2 Å². The summed E-state index contributed by atoms with van der Waals surface area (Å²) in [6, 6.07) is 0. The lowest BCUT2D eigenvalue weighted by Gasteiger charge is -2.28. The number of carboxylic acid groups (broad SMARTS) is 1. The van der Waals surface area contributed by atoms with E-state index < -0.39 is 28.7 Å². The Morgan fingerprint density at radius 1 is 1.00 bits per heavy atom. The van der Waals surface area contributed by atoms with Gasteiger partial charge in [-0.05, 0) is 61.3 Å². The zero-order valence-corrected chi connectivity index (χ0v) is 14.9. The van der Waals surface area contributed by atoms with E-state index in [0.29, 0.717) is 26.0 Å². The molecular weight excluding hydrogens is 286 g/mol. The van der Waals surface area contributed by atoms with Crippen LogP contribution in [0, 0.1) is 5.41 Å². The van der Waals surface area contributed by atoms with Gasteiger partial charge in [-0.1, -0.05) is 0 Å². The van der Waals surface area contributed by atoms with Gasteiger partial charge in [-0.2, -0.15) is 0 Å². The van der Waals surface area contributed by atoms with Gasteiger partial charge in [-0.3, -0.25) is 4.79 Å². The van der Waals surface area contributed by atoms with Gasteiger partial charge in [0.2, 0.25) is 0 Å². The van der Waals surface area contributed by atoms with E-state index in [4.69, 9.17) is 14.6 Å². The average Bonchev–Trinajstić information content (AvgIpc) is 2.24. The van der Waals surface area contributed by atoms with Crippen molar-refractivity contribution in [3.63, 3.8) is 0 Å². The molecule has 0 saturated heterocycles. The highest BCUT2D eigenvalue weighted by molar-refractivity contribution is 5.73. The molecule has 1 amide bonds. The number of hydrogen-bond acceptors (Lipinski definition) is 4. The van der Waals surface area contributed by atoms with E-state index in [1.807, 2.05) is 34.6 Å². The van der Waals surface area contributed by atoms with Crippen LogP contribution in [-0.4, -0.2) is 41.5 Å². The van der Waals surface area contributed by atoms with Crippen molar-refractivity contribution in [1.82, 2.24) is 5.32 Å². The Labute approximate surface area is 133 Å². The summed E-state index contributed by atoms with van der Waals surface area (Å²) < 4.78 is 10.9. The number of rotatable bonds is 8. The summed E-state index contributed by atoms with van der Waals surface area (Å²) in [7, 11) is 0. The lowest BCUT2D eigenvalue weighted by molar-refractivity contribution is -0.149. The first-order valence-corrected chi connectivity index (χ1v) is 7.59. The Balaban J connectivity index is 4.06. The molecule has 0 aliphatic carbocycles. The third-order valence-electron chi connectivity index (χ3n) is 3.19. The summed E-state index contributed by atoms with van der Waals surface area (Å²) in [6.07, 6.45) is 0.598. The maximum Gasteiger partial charge on any atom is 0.407 e. The van der Waals surface area contributed by atoms with E-state index in [-0.39, 0.29) is 0 Å². The molecular formula is C16H31NO5. The van der Waals surface area contributed by atoms with E-state index >= 15 is 0 Å². The summed E-state index contributed by atoms with van der Waals surface area (Å²) >= 11 is 0. The first kappa shape index (κ1) is 20.7. The maximum absolute atomic E-state index is 11.5. The smallest absolute Gasteiger partial charge is 0.407 e. The maximum atomic E-state index is 11.5. The average molecular weight is 317 g/mol. The van der Waals surface area contributed by atoms with Crippen LogP contribution in [0.1, 0.15) is 61.3 Å². The number of hydrogen-bond donors (Lipinski definition) is 2. The standard InChI is InChI=1S/C16H31NO5/c1-14(2,3)22-13(20)17-10-8-16(6,7)21-11-9-15(4,5)12(18)19/h8-11H2,1-7H3,(H,17,20)(H,18,19). The molecule has 22 heavy (non-hydrogen) atoms. The molecule has 0 unspecified atom stereocenters. The Hall–Kier alpha value is -1.30. The predicted octanol–water partition coefficient (Wildman–Crippen LogP) is 3.20. The zero-order valence-electron chi connectivity index (χ0n) is 14.9. The Kier molecular flexibility index (Phi) is 7.35. The van der Waals surface area contributed by atoms with Crippen molar-refractivity contribution in [2.24, 2.45) is 5.41 Å². The lowest BCUT2D eigenvalue weighted by Crippen LogP contribution is -2.37. The molecule has 0 saturated carbocycles. The molecule has 6 nitrogen and oxygen atoms in total. The molecule has 0 aromatic rings. The van der Waals surface area contributed by atoms with Crippen LogP contribution in [0.25, 0.3) is 0 Å². The molecule has 0 fully saturated rings. The molecule has 0 rings (SSSR count). The monoisotopic (exact) mass is 317 g/mol. The van der Waals surface area contributed by atoms with Crippen LogP contribution in [-0.2, 0) is 14.3 Å². The summed E-state index contributed by atoms with van der Waals surface area (Å²) in [5.41, 5.74) is -1.76. The Bertz CT molecular complexity index is 382. The number of carbonyl (C=O) groups excluding carboxylic acids is 1. The highest BCUT2D eigenvalue weighted by Gasteiger charge is 2.28. The van der Waals surface area contributed by atoms with Crippen LogP contribution in [0.2, 0.25) is 0 Å². The van der Waals surface area contributed by atoms with Crippen LogP contribution in [0.4, 0.5) is 4.79 Å². The predicted molar refractivity (Wildman–Crippen MR) is 84.9 cm³/mol. The van der Waals surface area contributed by atoms with Crippen molar-refractivity contribution in [1.29, 1.82) is 0 Å². The minimum absolute atomic E-state index is 0.360. The highest BCUT2D eigenvalue weighted by atomic mass is 16.6. The van der Waals surface area contributed by atoms with E-state index in [9.17, 15) is 9.59 Å². The van der Waals surface area contributed by atoms with Crippen molar-refractivity contribution in [2.75, 3.05) is 13.2 Å². The van der Waals surface area contributed by atoms with E-state index in [1.54, 1.807) is 13.8 Å². The van der Waals surface area contributed by atoms with Crippen molar-refractivity contribution >= 4 is 12.1 Å². The van der Waals surface area contributed by atoms with Crippen LogP contribution in [0.15, 0.2) is 0 Å². The minimum Gasteiger partial charge on any atom is -0.481 e. The molecule has 0 spiro atoms. The topological polar surface area (TPSA) is 84.9 Å². The van der Waals surface area contributed by atoms with Crippen LogP contribution in [0.3, 0.4) is 0 Å². The fourth-order valence-electron chi connectivity index (χ4n) is 1.54. The molecule has 6 heteroatoms. The molecule has 0 aromatic heterocycles. The van der Waals surface area contributed by atoms with Gasteiger partial charge < -0.3 is 19.9 Å². The van der Waals surface area contributed by atoms with E-state index in [0.717, 1.165) is 0 Å². The molecule has 0 bridgehead atoms. The second-order valence-corrected chi connectivity index (χ2v) is 7.73. The Morgan fingerprint density at radius 3 is 2.00 bits per heavy atom. The van der Waals surface area contributed by atoms with Crippen LogP contribution in [0.5, 0.6) is 0 Å². The number of aliphatic carboxylic acids is 1. The van der Waals surface area contributed by atoms with Gasteiger partial charge in [0.05, 0.1) is 11.0 Å². The summed E-state index contributed by atoms with van der Waals surface area (Å²) in [4.78, 5) is 22.5. The van der Waals surface area contributed by atoms with Gasteiger partial charge in [-0.15, -0.1) is 0 Å². The second-order valence-electron chi connectivity index (χ2n) is 7.73. The SMILES string of the molecule is CC(C)(C)OC(=O)NCCC(C)(C)OCCC(C)(C)C(=O)O. The van der Waals surface area contributed by atoms with Gasteiger partial charge in [0.25, 0.3) is 0 Å². The highest BCUT2D eigenvalue weighted by Crippen LogP contribution is 2.22. The molecule has 0 aromatic carbocycles. The van der Waals surface area contributed by atoms with Gasteiger partial charge in [-0.25, -0.2) is 4.79 Å². The Morgan fingerprint density at radius 2 is 1.55 bits per heavy atom. The number of amides is 1. The number of ether oxygens (including phenoxy) is 2. The number of carbonyl (C=O) groups is 2. The van der Waals surface area contributed by atoms with Gasteiger partial charge in [0, 0.05) is 13.2 Å². The molecule has 0 atom stereocenters. The molecule has 2 N–H and O–H groups in total. The van der Waals surface area contributed by atoms with Crippen LogP contribution >= 0.6 is 0 Å². The fraction of sp³-hybridized carbons (Fsp3) is 0.875. The minimum atomic E-state index is -0.833. The third kappa shape index (κ3) is 9.60. The van der Waals surface area contributed by atoms with Crippen molar-refractivity contribution in [2.45, 2.75) is 72.5 Å². The third-order valence-corrected chi connectivity index (χ3v) is 3.19. The number of carboxylic acids is 1. The normalized spacial score (nSPS) is 12.9. The summed E-state index contributed by atoms with van der Waals surface area (Å²) in [5, 5.41) is 11.7. The molecule has 0 heterocycles. The van der Waals surface area contributed by atoms with Gasteiger partial charge >= 0.3 is 12.1 Å². The number of alkyl carbamates (subject to hydrolysis) is 1. The molecule has 0 aliphatic rings. The van der Waals surface area contributed by atoms with Gasteiger partial charge in [0.1, 0.15) is 5.60 Å². The molecule has 130 valence electrons. The van der Waals surface area contributed by atoms with Gasteiger partial charge in [0.15, 0.2) is 0 Å². The van der Waals surface area contributed by atoms with Crippen molar-refractivity contribution in [3.8, 4) is 0 Å². The largest absolute Gasteiger partial charge is 0.481 e. The quantitative estimate of drug-likeness (QED) is 0.718. The first-order valence-electron chi connectivity index (χ1n) is 7.59. The second kappa shape index (κ2) is 7.81. The molecule has 0 aliphatic heterocycles. The van der Waals surface area contributed by atoms with E-state index in [2.05, 4.69) is 5.32 Å². The summed E-state index contributed by atoms with van der Waals surface area (Å²) in [5.74, 6) is -0.833. The fourth-order valence-corrected chi connectivity index (χ4v) is 1.54. The summed E-state index contributed by atoms with van der Waals surface area (Å²) in [6.45, 7) is 13.4. The zero-order chi connectivity index (χ0) is 17.6. The molecule has 0 radical (unpaired) electrons. The number of nitrogens with one attached hydrogen (secondary N) is 1. The van der Waals surface area contributed by atoms with E-state index in [1.165, 1.54) is 0 Å². The lowest BCUT2D eigenvalue weighted by atomic mass is 9.90. The van der Waals surface area contributed by atoms with Crippen LogP contribution < -0.4 is 5.32 Å². The van der Waals surface area contributed by atoms with Crippen molar-refractivity contribution in [3.05, 3.63) is 0 Å².